The average Bonchev–Trinajstić information content (AvgIpc) is 3.54. The molecular formula is C38H24N4O. The van der Waals surface area contributed by atoms with E-state index in [2.05, 4.69) is 42.5 Å². The molecule has 0 bridgehead atoms. The molecule has 6 aromatic carbocycles. The summed E-state index contributed by atoms with van der Waals surface area (Å²) in [5, 5.41) is 2.21. The predicted molar refractivity (Wildman–Crippen MR) is 172 cm³/mol. The monoisotopic (exact) mass is 552 g/mol. The molecule has 0 spiro atoms. The van der Waals surface area contributed by atoms with E-state index >= 15 is 0 Å². The van der Waals surface area contributed by atoms with E-state index in [1.807, 2.05) is 103 Å². The molecule has 0 fully saturated rings. The molecule has 0 amide bonds. The van der Waals surface area contributed by atoms with Gasteiger partial charge >= 0.3 is 0 Å². The molecule has 5 nitrogen and oxygen atoms in total. The maximum absolute atomic E-state index is 6.29. The van der Waals surface area contributed by atoms with Crippen molar-refractivity contribution < 1.29 is 4.42 Å². The zero-order chi connectivity index (χ0) is 28.6. The van der Waals surface area contributed by atoms with Gasteiger partial charge in [-0.15, -0.1) is 0 Å². The normalized spacial score (nSPS) is 11.3. The second kappa shape index (κ2) is 10.5. The number of hydrogen-bond donors (Lipinski definition) is 0. The third-order valence-corrected chi connectivity index (χ3v) is 7.54. The van der Waals surface area contributed by atoms with Crippen LogP contribution in [0.15, 0.2) is 150 Å². The number of aromatic nitrogens is 4. The first kappa shape index (κ1) is 24.8. The van der Waals surface area contributed by atoms with Gasteiger partial charge < -0.3 is 4.42 Å². The van der Waals surface area contributed by atoms with Crippen molar-refractivity contribution in [1.82, 2.24) is 19.9 Å². The van der Waals surface area contributed by atoms with Crippen LogP contribution >= 0.6 is 0 Å². The third kappa shape index (κ3) is 4.73. The Bertz CT molecular complexity index is 2170. The summed E-state index contributed by atoms with van der Waals surface area (Å²) in [6.07, 6.45) is 0. The molecule has 0 radical (unpaired) electrons. The van der Waals surface area contributed by atoms with Crippen molar-refractivity contribution in [3.8, 4) is 56.7 Å². The second-order valence-electron chi connectivity index (χ2n) is 10.4. The Morgan fingerprint density at radius 1 is 0.372 bits per heavy atom. The van der Waals surface area contributed by atoms with Gasteiger partial charge in [0.05, 0.1) is 0 Å². The Morgan fingerprint density at radius 2 is 0.884 bits per heavy atom. The van der Waals surface area contributed by atoms with Gasteiger partial charge in [0, 0.05) is 27.8 Å². The second-order valence-corrected chi connectivity index (χ2v) is 10.4. The highest BCUT2D eigenvalue weighted by Gasteiger charge is 2.15. The van der Waals surface area contributed by atoms with Crippen molar-refractivity contribution in [2.45, 2.75) is 0 Å². The van der Waals surface area contributed by atoms with Gasteiger partial charge in [0.15, 0.2) is 23.1 Å². The van der Waals surface area contributed by atoms with Crippen molar-refractivity contribution in [3.63, 3.8) is 0 Å². The fourth-order valence-corrected chi connectivity index (χ4v) is 5.37. The van der Waals surface area contributed by atoms with Crippen LogP contribution in [0, 0.1) is 0 Å². The van der Waals surface area contributed by atoms with Crippen molar-refractivity contribution in [2.24, 2.45) is 0 Å². The van der Waals surface area contributed by atoms with E-state index in [0.717, 1.165) is 55.3 Å². The predicted octanol–water partition coefficient (Wildman–Crippen LogP) is 9.50. The molecule has 202 valence electrons. The van der Waals surface area contributed by atoms with Crippen molar-refractivity contribution in [1.29, 1.82) is 0 Å². The number of nitrogens with zero attached hydrogens (tertiary/aromatic N) is 4. The molecule has 0 aliphatic heterocycles. The molecule has 8 rings (SSSR count). The summed E-state index contributed by atoms with van der Waals surface area (Å²) in [5.74, 6) is 2.55. The van der Waals surface area contributed by atoms with Gasteiger partial charge in [0.25, 0.3) is 0 Å². The van der Waals surface area contributed by atoms with Crippen LogP contribution in [0.2, 0.25) is 0 Å². The van der Waals surface area contributed by atoms with E-state index in [-0.39, 0.29) is 0 Å². The highest BCUT2D eigenvalue weighted by Crippen LogP contribution is 2.35. The topological polar surface area (TPSA) is 64.7 Å². The number of rotatable bonds is 5. The highest BCUT2D eigenvalue weighted by atomic mass is 16.3. The number of benzene rings is 6. The first-order valence-corrected chi connectivity index (χ1v) is 14.1. The molecule has 0 aliphatic rings. The molecule has 0 saturated heterocycles. The Balaban J connectivity index is 1.20. The minimum absolute atomic E-state index is 0.621. The minimum Gasteiger partial charge on any atom is -0.435 e. The maximum Gasteiger partial charge on any atom is 0.227 e. The summed E-state index contributed by atoms with van der Waals surface area (Å²) in [7, 11) is 0. The smallest absolute Gasteiger partial charge is 0.227 e. The lowest BCUT2D eigenvalue weighted by molar-refractivity contribution is 0.621. The fraction of sp³-hybridized carbons (Fsp3) is 0. The highest BCUT2D eigenvalue weighted by molar-refractivity contribution is 5.96. The van der Waals surface area contributed by atoms with Crippen LogP contribution in [0.3, 0.4) is 0 Å². The zero-order valence-corrected chi connectivity index (χ0v) is 23.1. The van der Waals surface area contributed by atoms with Crippen LogP contribution < -0.4 is 0 Å². The molecule has 0 aliphatic carbocycles. The summed E-state index contributed by atoms with van der Waals surface area (Å²) in [6, 6.07) is 48.9. The van der Waals surface area contributed by atoms with E-state index < -0.39 is 0 Å². The molecule has 0 N–H and O–H groups in total. The average molecular weight is 553 g/mol. The molecule has 0 atom stereocenters. The van der Waals surface area contributed by atoms with Crippen LogP contribution in [-0.2, 0) is 0 Å². The Kier molecular flexibility index (Phi) is 6.05. The molecule has 0 saturated carbocycles. The van der Waals surface area contributed by atoms with Gasteiger partial charge in [0.1, 0.15) is 5.52 Å². The van der Waals surface area contributed by atoms with Gasteiger partial charge in [0.2, 0.25) is 5.89 Å². The minimum atomic E-state index is 0.621. The number of oxazole rings is 1. The van der Waals surface area contributed by atoms with Crippen molar-refractivity contribution in [2.75, 3.05) is 0 Å². The third-order valence-electron chi connectivity index (χ3n) is 7.54. The van der Waals surface area contributed by atoms with Gasteiger partial charge in [-0.05, 0) is 46.7 Å². The number of hydrogen-bond acceptors (Lipinski definition) is 5. The van der Waals surface area contributed by atoms with Gasteiger partial charge in [-0.2, -0.15) is 0 Å². The lowest BCUT2D eigenvalue weighted by Crippen LogP contribution is -2.00. The standard InChI is InChI=1S/C38H24N4O/c1-4-11-25(12-5-1)35-40-36(26-13-6-2-7-14-26)42-37(41-35)31-22-20-28-23-30(21-19-29(28)24-31)32-17-10-18-33-34(32)43-38(39-33)27-15-8-3-9-16-27/h1-24H. The molecule has 8 aromatic rings. The van der Waals surface area contributed by atoms with Crippen LogP contribution in [0.1, 0.15) is 0 Å². The van der Waals surface area contributed by atoms with E-state index in [9.17, 15) is 0 Å². The largest absolute Gasteiger partial charge is 0.435 e. The Labute approximate surface area is 248 Å². The number of fused-ring (bicyclic) bond motifs is 2. The zero-order valence-electron chi connectivity index (χ0n) is 23.1. The lowest BCUT2D eigenvalue weighted by atomic mass is 9.99. The molecule has 2 heterocycles. The van der Waals surface area contributed by atoms with E-state index in [4.69, 9.17) is 24.4 Å². The first-order chi connectivity index (χ1) is 21.3. The summed E-state index contributed by atoms with van der Waals surface area (Å²) in [4.78, 5) is 19.3. The quantitative estimate of drug-likeness (QED) is 0.213. The van der Waals surface area contributed by atoms with E-state index in [1.54, 1.807) is 0 Å². The van der Waals surface area contributed by atoms with Gasteiger partial charge in [-0.1, -0.05) is 115 Å². The van der Waals surface area contributed by atoms with Gasteiger partial charge in [-0.3, -0.25) is 0 Å². The lowest BCUT2D eigenvalue weighted by Gasteiger charge is -2.10. The Morgan fingerprint density at radius 3 is 1.49 bits per heavy atom. The Hall–Kier alpha value is -5.94. The molecule has 2 aromatic heterocycles. The van der Waals surface area contributed by atoms with Crippen molar-refractivity contribution >= 4 is 21.9 Å². The van der Waals surface area contributed by atoms with Crippen LogP contribution in [0.25, 0.3) is 78.6 Å². The van der Waals surface area contributed by atoms with E-state index in [0.29, 0.717) is 23.4 Å². The molecule has 0 unspecified atom stereocenters. The first-order valence-electron chi connectivity index (χ1n) is 14.1. The molecular weight excluding hydrogens is 528 g/mol. The number of para-hydroxylation sites is 1. The maximum atomic E-state index is 6.29. The SMILES string of the molecule is c1ccc(-c2nc(-c3ccccc3)nc(-c3ccc4cc(-c5cccc6nc(-c7ccccc7)oc56)ccc4c3)n2)cc1. The summed E-state index contributed by atoms with van der Waals surface area (Å²) in [5.41, 5.74) is 7.49. The molecule has 5 heteroatoms. The van der Waals surface area contributed by atoms with Crippen LogP contribution in [0.4, 0.5) is 0 Å². The molecule has 43 heavy (non-hydrogen) atoms. The van der Waals surface area contributed by atoms with Gasteiger partial charge in [-0.25, -0.2) is 19.9 Å². The van der Waals surface area contributed by atoms with E-state index in [1.165, 1.54) is 0 Å². The van der Waals surface area contributed by atoms with Crippen LogP contribution in [0.5, 0.6) is 0 Å². The summed E-state index contributed by atoms with van der Waals surface area (Å²) in [6.45, 7) is 0. The van der Waals surface area contributed by atoms with Crippen molar-refractivity contribution in [3.05, 3.63) is 146 Å². The summed E-state index contributed by atoms with van der Waals surface area (Å²) >= 11 is 0. The van der Waals surface area contributed by atoms with Crippen LogP contribution in [-0.4, -0.2) is 19.9 Å². The summed E-state index contributed by atoms with van der Waals surface area (Å²) < 4.78 is 6.29. The fourth-order valence-electron chi connectivity index (χ4n) is 5.37.